The number of hydrogen-bond donors (Lipinski definition) is 0. The standard InChI is InChI=1S/C35H42Br2N4O4S/c1-6-45-30-23-26(35(2,3)4)11-16-29(30)33-38-31(24-7-12-27(36)13-8-24)32(25-9-14-28(37)15-10-25)41(33)34(42)40-19-17-39(18-20-40)21-22-46(5,43)44/h7-16,23,31-32H,6,17-22H2,1-5H3/t31-,32+/m0/s1. The second kappa shape index (κ2) is 14.2. The molecular formula is C35H42Br2N4O4S. The Morgan fingerprint density at radius 3 is 2.04 bits per heavy atom. The number of hydrogen-bond acceptors (Lipinski definition) is 6. The molecule has 0 spiro atoms. The number of sulfone groups is 1. The lowest BCUT2D eigenvalue weighted by atomic mass is 9.86. The Hall–Kier alpha value is -2.73. The number of carbonyl (C=O) groups excluding carboxylic acids is 1. The highest BCUT2D eigenvalue weighted by Crippen LogP contribution is 2.46. The zero-order valence-corrected chi connectivity index (χ0v) is 31.0. The van der Waals surface area contributed by atoms with Crippen LogP contribution in [-0.2, 0) is 15.3 Å². The number of aliphatic imine (C=N–C) groups is 1. The van der Waals surface area contributed by atoms with Gasteiger partial charge in [-0.25, -0.2) is 13.2 Å². The fourth-order valence-electron chi connectivity index (χ4n) is 5.91. The molecule has 5 rings (SSSR count). The van der Waals surface area contributed by atoms with Crippen LogP contribution < -0.4 is 4.74 Å². The molecule has 0 aliphatic carbocycles. The number of amidine groups is 1. The number of amides is 2. The van der Waals surface area contributed by atoms with E-state index in [0.717, 1.165) is 31.2 Å². The van der Waals surface area contributed by atoms with E-state index in [0.29, 0.717) is 50.9 Å². The molecule has 0 unspecified atom stereocenters. The first-order valence-electron chi connectivity index (χ1n) is 15.6. The second-order valence-corrected chi connectivity index (χ2v) is 17.0. The van der Waals surface area contributed by atoms with Crippen LogP contribution in [0, 0.1) is 0 Å². The monoisotopic (exact) mass is 772 g/mol. The lowest BCUT2D eigenvalue weighted by Gasteiger charge is -2.39. The van der Waals surface area contributed by atoms with Gasteiger partial charge in [0.05, 0.1) is 24.0 Å². The van der Waals surface area contributed by atoms with Gasteiger partial charge in [-0.2, -0.15) is 0 Å². The summed E-state index contributed by atoms with van der Waals surface area (Å²) in [6.45, 7) is 11.6. The van der Waals surface area contributed by atoms with E-state index in [1.807, 2.05) is 47.1 Å². The maximum atomic E-state index is 14.8. The van der Waals surface area contributed by atoms with Crippen molar-refractivity contribution in [2.75, 3.05) is 51.3 Å². The molecule has 246 valence electrons. The van der Waals surface area contributed by atoms with Gasteiger partial charge in [-0.3, -0.25) is 14.8 Å². The van der Waals surface area contributed by atoms with Crippen molar-refractivity contribution in [3.8, 4) is 5.75 Å². The van der Waals surface area contributed by atoms with E-state index >= 15 is 0 Å². The van der Waals surface area contributed by atoms with Crippen molar-refractivity contribution in [2.45, 2.75) is 45.2 Å². The third-order valence-electron chi connectivity index (χ3n) is 8.51. The van der Waals surface area contributed by atoms with Gasteiger partial charge in [-0.1, -0.05) is 83.0 Å². The molecule has 3 aromatic carbocycles. The fourth-order valence-corrected chi connectivity index (χ4v) is 7.03. The van der Waals surface area contributed by atoms with Crippen molar-refractivity contribution < 1.29 is 17.9 Å². The number of rotatable bonds is 8. The minimum Gasteiger partial charge on any atom is -0.493 e. The molecule has 0 N–H and O–H groups in total. The molecule has 0 radical (unpaired) electrons. The normalized spacial score (nSPS) is 19.3. The summed E-state index contributed by atoms with van der Waals surface area (Å²) in [6, 6.07) is 21.6. The Morgan fingerprint density at radius 2 is 1.50 bits per heavy atom. The zero-order chi connectivity index (χ0) is 33.2. The Kier molecular flexibility index (Phi) is 10.7. The number of carbonyl (C=O) groups is 1. The maximum absolute atomic E-state index is 14.8. The molecule has 11 heteroatoms. The quantitative estimate of drug-likeness (QED) is 0.241. The van der Waals surface area contributed by atoms with Crippen LogP contribution in [0.25, 0.3) is 0 Å². The number of urea groups is 1. The molecular weight excluding hydrogens is 732 g/mol. The van der Waals surface area contributed by atoms with Gasteiger partial charge in [-0.15, -0.1) is 0 Å². The van der Waals surface area contributed by atoms with Crippen molar-refractivity contribution in [3.05, 3.63) is 97.9 Å². The summed E-state index contributed by atoms with van der Waals surface area (Å²) >= 11 is 7.14. The van der Waals surface area contributed by atoms with Crippen LogP contribution in [0.1, 0.15) is 62.0 Å². The molecule has 0 saturated carbocycles. The molecule has 2 aliphatic heterocycles. The molecule has 8 nitrogen and oxygen atoms in total. The highest BCUT2D eigenvalue weighted by molar-refractivity contribution is 9.10. The van der Waals surface area contributed by atoms with Gasteiger partial charge in [-0.05, 0) is 65.4 Å². The highest BCUT2D eigenvalue weighted by atomic mass is 79.9. The Bertz CT molecular complexity index is 1680. The van der Waals surface area contributed by atoms with E-state index in [1.54, 1.807) is 0 Å². The van der Waals surface area contributed by atoms with E-state index in [4.69, 9.17) is 9.73 Å². The van der Waals surface area contributed by atoms with Crippen LogP contribution in [-0.4, -0.2) is 86.3 Å². The average Bonchev–Trinajstić information content (AvgIpc) is 3.40. The first kappa shape index (κ1) is 34.6. The van der Waals surface area contributed by atoms with Crippen LogP contribution in [0.15, 0.2) is 80.7 Å². The summed E-state index contributed by atoms with van der Waals surface area (Å²) in [7, 11) is -3.07. The number of ether oxygens (including phenoxy) is 1. The lowest BCUT2D eigenvalue weighted by molar-refractivity contribution is 0.122. The maximum Gasteiger partial charge on any atom is 0.326 e. The molecule has 46 heavy (non-hydrogen) atoms. The minimum absolute atomic E-state index is 0.0892. The topological polar surface area (TPSA) is 82.5 Å². The average molecular weight is 775 g/mol. The molecule has 1 saturated heterocycles. The van der Waals surface area contributed by atoms with Gasteiger partial charge < -0.3 is 9.64 Å². The van der Waals surface area contributed by atoms with Crippen molar-refractivity contribution in [1.82, 2.24) is 14.7 Å². The number of nitrogens with zero attached hydrogens (tertiary/aromatic N) is 4. The van der Waals surface area contributed by atoms with Gasteiger partial charge in [0.25, 0.3) is 0 Å². The summed E-state index contributed by atoms with van der Waals surface area (Å²) in [6.07, 6.45) is 1.26. The predicted octanol–water partition coefficient (Wildman–Crippen LogP) is 7.23. The lowest BCUT2D eigenvalue weighted by Crippen LogP contribution is -2.54. The Labute approximate surface area is 290 Å². The van der Waals surface area contributed by atoms with Gasteiger partial charge in [0.1, 0.15) is 27.5 Å². The minimum atomic E-state index is -3.07. The fraction of sp³-hybridized carbons (Fsp3) is 0.429. The molecule has 2 aliphatic rings. The molecule has 2 amide bonds. The van der Waals surface area contributed by atoms with Crippen LogP contribution in [0.3, 0.4) is 0 Å². The first-order chi connectivity index (χ1) is 21.7. The van der Waals surface area contributed by atoms with Crippen LogP contribution in [0.5, 0.6) is 5.75 Å². The van der Waals surface area contributed by atoms with Crippen molar-refractivity contribution in [3.63, 3.8) is 0 Å². The van der Waals surface area contributed by atoms with Gasteiger partial charge >= 0.3 is 6.03 Å². The largest absolute Gasteiger partial charge is 0.493 e. The summed E-state index contributed by atoms with van der Waals surface area (Å²) < 4.78 is 31.7. The Balaban J connectivity index is 1.60. The number of piperazine rings is 1. The van der Waals surface area contributed by atoms with E-state index in [1.165, 1.54) is 6.26 Å². The van der Waals surface area contributed by atoms with Gasteiger partial charge in [0, 0.05) is 47.9 Å². The van der Waals surface area contributed by atoms with Crippen molar-refractivity contribution >= 4 is 53.6 Å². The smallest absolute Gasteiger partial charge is 0.326 e. The first-order valence-corrected chi connectivity index (χ1v) is 19.2. The van der Waals surface area contributed by atoms with E-state index in [-0.39, 0.29) is 23.2 Å². The second-order valence-electron chi connectivity index (χ2n) is 13.0. The van der Waals surface area contributed by atoms with E-state index in [9.17, 15) is 13.2 Å². The number of halogens is 2. The van der Waals surface area contributed by atoms with Gasteiger partial charge in [0.2, 0.25) is 0 Å². The number of benzene rings is 3. The highest BCUT2D eigenvalue weighted by Gasteiger charge is 2.45. The Morgan fingerprint density at radius 1 is 0.913 bits per heavy atom. The van der Waals surface area contributed by atoms with E-state index < -0.39 is 15.9 Å². The molecule has 0 bridgehead atoms. The third-order valence-corrected chi connectivity index (χ3v) is 10.5. The van der Waals surface area contributed by atoms with Crippen LogP contribution in [0.4, 0.5) is 4.79 Å². The summed E-state index contributed by atoms with van der Waals surface area (Å²) in [4.78, 5) is 26.0. The van der Waals surface area contributed by atoms with Crippen LogP contribution >= 0.6 is 31.9 Å². The molecule has 2 heterocycles. The zero-order valence-electron chi connectivity index (χ0n) is 27.0. The predicted molar refractivity (Wildman–Crippen MR) is 192 cm³/mol. The summed E-state index contributed by atoms with van der Waals surface area (Å²) in [5.41, 5.74) is 3.79. The molecule has 3 aromatic rings. The van der Waals surface area contributed by atoms with E-state index in [2.05, 4.69) is 93.9 Å². The van der Waals surface area contributed by atoms with Crippen LogP contribution in [0.2, 0.25) is 0 Å². The molecule has 2 atom stereocenters. The SMILES string of the molecule is CCOc1cc(C(C)(C)C)ccc1C1=N[C@@H](c2ccc(Br)cc2)[C@@H](c2ccc(Br)cc2)N1C(=O)N1CCN(CCS(C)(=O)=O)CC1. The summed E-state index contributed by atoms with van der Waals surface area (Å²) in [5.74, 6) is 1.38. The molecule has 1 fully saturated rings. The van der Waals surface area contributed by atoms with Crippen molar-refractivity contribution in [2.24, 2.45) is 4.99 Å². The van der Waals surface area contributed by atoms with Crippen molar-refractivity contribution in [1.29, 1.82) is 0 Å². The van der Waals surface area contributed by atoms with Gasteiger partial charge in [0.15, 0.2) is 0 Å². The molecule has 0 aromatic heterocycles. The summed E-state index contributed by atoms with van der Waals surface area (Å²) in [5, 5.41) is 0. The third kappa shape index (κ3) is 8.03.